The Morgan fingerprint density at radius 2 is 2.12 bits per heavy atom. The van der Waals surface area contributed by atoms with Crippen LogP contribution in [0.15, 0.2) is 22.9 Å². The molecule has 3 unspecified atom stereocenters. The topological polar surface area (TPSA) is 110 Å². The standard InChI is InChI=1S/C17H24N4O4/c1-5-10(2)16(13-8-18-25-12(13)4)24-15-7-6-14(20-21-15)17(23)19-11(3)9-22/h6-8,10-11,16,22H,5,9H2,1-4H3,(H,19,23). The number of hydrogen-bond donors (Lipinski definition) is 2. The lowest BCUT2D eigenvalue weighted by Gasteiger charge is -2.22. The minimum atomic E-state index is -0.394. The number of carbonyl (C=O) groups excluding carboxylic acids is 1. The number of hydrogen-bond acceptors (Lipinski definition) is 7. The summed E-state index contributed by atoms with van der Waals surface area (Å²) in [4.78, 5) is 11.9. The smallest absolute Gasteiger partial charge is 0.272 e. The van der Waals surface area contributed by atoms with Gasteiger partial charge in [0.1, 0.15) is 11.9 Å². The second-order valence-electron chi connectivity index (χ2n) is 6.08. The van der Waals surface area contributed by atoms with Crippen molar-refractivity contribution in [2.75, 3.05) is 6.61 Å². The Bertz CT molecular complexity index is 686. The van der Waals surface area contributed by atoms with Gasteiger partial charge in [0.25, 0.3) is 5.91 Å². The van der Waals surface area contributed by atoms with Crippen LogP contribution < -0.4 is 10.1 Å². The number of aryl methyl sites for hydroxylation is 1. The van der Waals surface area contributed by atoms with E-state index in [1.54, 1.807) is 19.2 Å². The van der Waals surface area contributed by atoms with Crippen LogP contribution in [-0.2, 0) is 0 Å². The first-order chi connectivity index (χ1) is 12.0. The molecule has 0 aliphatic heterocycles. The molecule has 0 saturated carbocycles. The van der Waals surface area contributed by atoms with Crippen LogP contribution in [0.5, 0.6) is 5.88 Å². The Morgan fingerprint density at radius 3 is 2.64 bits per heavy atom. The van der Waals surface area contributed by atoms with E-state index < -0.39 is 5.91 Å². The first-order valence-corrected chi connectivity index (χ1v) is 8.29. The third-order valence-corrected chi connectivity index (χ3v) is 4.03. The maximum absolute atomic E-state index is 11.9. The van der Waals surface area contributed by atoms with Gasteiger partial charge in [-0.1, -0.05) is 19.0 Å². The average molecular weight is 348 g/mol. The summed E-state index contributed by atoms with van der Waals surface area (Å²) in [5, 5.41) is 23.3. The van der Waals surface area contributed by atoms with Gasteiger partial charge >= 0.3 is 0 Å². The summed E-state index contributed by atoms with van der Waals surface area (Å²) in [6.07, 6.45) is 2.29. The summed E-state index contributed by atoms with van der Waals surface area (Å²) >= 11 is 0. The van der Waals surface area contributed by atoms with Crippen LogP contribution in [0.3, 0.4) is 0 Å². The van der Waals surface area contributed by atoms with E-state index in [0.29, 0.717) is 11.6 Å². The van der Waals surface area contributed by atoms with Crippen molar-refractivity contribution < 1.29 is 19.2 Å². The van der Waals surface area contributed by atoms with Crippen molar-refractivity contribution in [3.63, 3.8) is 0 Å². The molecule has 2 aromatic rings. The summed E-state index contributed by atoms with van der Waals surface area (Å²) in [6, 6.07) is 2.79. The van der Waals surface area contributed by atoms with Gasteiger partial charge < -0.3 is 19.7 Å². The number of aliphatic hydroxyl groups is 1. The third-order valence-electron chi connectivity index (χ3n) is 4.03. The van der Waals surface area contributed by atoms with Gasteiger partial charge in [-0.2, -0.15) is 0 Å². The zero-order valence-corrected chi connectivity index (χ0v) is 14.9. The molecule has 25 heavy (non-hydrogen) atoms. The molecule has 0 aliphatic rings. The third kappa shape index (κ3) is 4.76. The second kappa shape index (κ2) is 8.57. The molecule has 1 amide bonds. The van der Waals surface area contributed by atoms with Gasteiger partial charge in [-0.05, 0) is 32.3 Å². The van der Waals surface area contributed by atoms with E-state index in [0.717, 1.165) is 12.0 Å². The molecule has 0 saturated heterocycles. The number of aromatic nitrogens is 3. The first-order valence-electron chi connectivity index (χ1n) is 8.29. The predicted octanol–water partition coefficient (Wildman–Crippen LogP) is 2.05. The second-order valence-corrected chi connectivity index (χ2v) is 6.08. The highest BCUT2D eigenvalue weighted by atomic mass is 16.5. The Morgan fingerprint density at radius 1 is 1.36 bits per heavy atom. The first kappa shape index (κ1) is 18.9. The largest absolute Gasteiger partial charge is 0.468 e. The number of rotatable bonds is 8. The van der Waals surface area contributed by atoms with E-state index in [1.165, 1.54) is 6.07 Å². The monoisotopic (exact) mass is 348 g/mol. The molecule has 8 nitrogen and oxygen atoms in total. The van der Waals surface area contributed by atoms with Crippen molar-refractivity contribution in [1.29, 1.82) is 0 Å². The van der Waals surface area contributed by atoms with Crippen molar-refractivity contribution in [3.8, 4) is 5.88 Å². The summed E-state index contributed by atoms with van der Waals surface area (Å²) in [7, 11) is 0. The molecule has 8 heteroatoms. The Balaban J connectivity index is 2.12. The molecular weight excluding hydrogens is 324 g/mol. The molecule has 3 atom stereocenters. The predicted molar refractivity (Wildman–Crippen MR) is 90.1 cm³/mol. The van der Waals surface area contributed by atoms with Gasteiger partial charge in [0, 0.05) is 12.1 Å². The molecule has 136 valence electrons. The van der Waals surface area contributed by atoms with Crippen LogP contribution in [0.4, 0.5) is 0 Å². The molecule has 0 aromatic carbocycles. The molecule has 2 heterocycles. The number of amides is 1. The van der Waals surface area contributed by atoms with Crippen LogP contribution >= 0.6 is 0 Å². The molecular formula is C17H24N4O4. The average Bonchev–Trinajstić information content (AvgIpc) is 3.05. The summed E-state index contributed by atoms with van der Waals surface area (Å²) in [5.41, 5.74) is 1.03. The van der Waals surface area contributed by atoms with E-state index in [4.69, 9.17) is 14.4 Å². The van der Waals surface area contributed by atoms with Gasteiger partial charge in [-0.15, -0.1) is 10.2 Å². The van der Waals surface area contributed by atoms with Crippen LogP contribution in [-0.4, -0.2) is 39.0 Å². The zero-order chi connectivity index (χ0) is 18.4. The molecule has 2 aromatic heterocycles. The summed E-state index contributed by atoms with van der Waals surface area (Å²) in [5.74, 6) is 0.840. The molecule has 2 N–H and O–H groups in total. The molecule has 2 rings (SSSR count). The van der Waals surface area contributed by atoms with Crippen LogP contribution in [0, 0.1) is 12.8 Å². The number of ether oxygens (including phenoxy) is 1. The minimum absolute atomic E-state index is 0.144. The highest BCUT2D eigenvalue weighted by Gasteiger charge is 2.25. The van der Waals surface area contributed by atoms with Crippen molar-refractivity contribution in [1.82, 2.24) is 20.7 Å². The van der Waals surface area contributed by atoms with Gasteiger partial charge in [0.05, 0.1) is 18.4 Å². The van der Waals surface area contributed by atoms with Crippen molar-refractivity contribution in [2.45, 2.75) is 46.3 Å². The maximum Gasteiger partial charge on any atom is 0.272 e. The summed E-state index contributed by atoms with van der Waals surface area (Å²) < 4.78 is 11.1. The number of carbonyl (C=O) groups is 1. The summed E-state index contributed by atoms with van der Waals surface area (Å²) in [6.45, 7) is 7.53. The molecule has 0 radical (unpaired) electrons. The van der Waals surface area contributed by atoms with E-state index >= 15 is 0 Å². The SMILES string of the molecule is CCC(C)C(Oc1ccc(C(=O)NC(C)CO)nn1)c1cnoc1C. The van der Waals surface area contributed by atoms with Gasteiger partial charge in [0.15, 0.2) is 5.69 Å². The fraction of sp³-hybridized carbons (Fsp3) is 0.529. The van der Waals surface area contributed by atoms with Crippen LogP contribution in [0.2, 0.25) is 0 Å². The Labute approximate surface area is 146 Å². The lowest BCUT2D eigenvalue weighted by Crippen LogP contribution is -2.35. The Kier molecular flexibility index (Phi) is 6.46. The fourth-order valence-corrected chi connectivity index (χ4v) is 2.26. The molecule has 0 spiro atoms. The molecule has 0 bridgehead atoms. The van der Waals surface area contributed by atoms with Crippen molar-refractivity contribution >= 4 is 5.91 Å². The van der Waals surface area contributed by atoms with Gasteiger partial charge in [-0.25, -0.2) is 0 Å². The van der Waals surface area contributed by atoms with E-state index in [9.17, 15) is 4.79 Å². The van der Waals surface area contributed by atoms with E-state index in [2.05, 4.69) is 34.5 Å². The zero-order valence-electron chi connectivity index (χ0n) is 14.9. The number of nitrogens with zero attached hydrogens (tertiary/aromatic N) is 3. The quantitative estimate of drug-likeness (QED) is 0.751. The highest BCUT2D eigenvalue weighted by Crippen LogP contribution is 2.31. The van der Waals surface area contributed by atoms with Crippen molar-refractivity contribution in [3.05, 3.63) is 35.3 Å². The van der Waals surface area contributed by atoms with E-state index in [1.807, 2.05) is 6.92 Å². The van der Waals surface area contributed by atoms with Gasteiger partial charge in [0.2, 0.25) is 5.88 Å². The fourth-order valence-electron chi connectivity index (χ4n) is 2.26. The Hall–Kier alpha value is -2.48. The van der Waals surface area contributed by atoms with E-state index in [-0.39, 0.29) is 30.4 Å². The maximum atomic E-state index is 11.9. The number of nitrogens with one attached hydrogen (secondary N) is 1. The van der Waals surface area contributed by atoms with Gasteiger partial charge in [-0.3, -0.25) is 4.79 Å². The lowest BCUT2D eigenvalue weighted by atomic mass is 9.96. The lowest BCUT2D eigenvalue weighted by molar-refractivity contribution is 0.0915. The minimum Gasteiger partial charge on any atom is -0.468 e. The van der Waals surface area contributed by atoms with Crippen molar-refractivity contribution in [2.24, 2.45) is 5.92 Å². The van der Waals surface area contributed by atoms with Crippen LogP contribution in [0.1, 0.15) is 55.1 Å². The molecule has 0 fully saturated rings. The number of aliphatic hydroxyl groups excluding tert-OH is 1. The normalized spacial score (nSPS) is 14.6. The van der Waals surface area contributed by atoms with Crippen LogP contribution in [0.25, 0.3) is 0 Å². The molecule has 0 aliphatic carbocycles. The highest BCUT2D eigenvalue weighted by molar-refractivity contribution is 5.92.